The standard InChI is InChI=1S/C17H24N2O2/c20-17(10-15-12-21-13-15)18-16-6-8-19(9-7-16)11-14-4-2-1-3-5-14/h1-5,15-16H,6-13H2,(H,18,20). The average molecular weight is 288 g/mol. The molecule has 4 heteroatoms. The van der Waals surface area contributed by atoms with Crippen molar-refractivity contribution in [1.82, 2.24) is 10.2 Å². The van der Waals surface area contributed by atoms with Crippen LogP contribution in [-0.4, -0.2) is 43.2 Å². The zero-order valence-electron chi connectivity index (χ0n) is 12.5. The smallest absolute Gasteiger partial charge is 0.220 e. The molecule has 2 aliphatic heterocycles. The molecule has 1 N–H and O–H groups in total. The summed E-state index contributed by atoms with van der Waals surface area (Å²) in [5, 5.41) is 3.18. The minimum absolute atomic E-state index is 0.199. The van der Waals surface area contributed by atoms with Crippen molar-refractivity contribution in [3.05, 3.63) is 35.9 Å². The molecule has 0 saturated carbocycles. The molecule has 0 atom stereocenters. The number of nitrogens with one attached hydrogen (secondary N) is 1. The van der Waals surface area contributed by atoms with Crippen LogP contribution in [0.1, 0.15) is 24.8 Å². The van der Waals surface area contributed by atoms with Crippen molar-refractivity contribution >= 4 is 5.91 Å². The van der Waals surface area contributed by atoms with Crippen molar-refractivity contribution in [1.29, 1.82) is 0 Å². The van der Waals surface area contributed by atoms with Gasteiger partial charge < -0.3 is 10.1 Å². The summed E-state index contributed by atoms with van der Waals surface area (Å²) in [6.45, 7) is 4.64. The molecule has 1 aromatic carbocycles. The maximum absolute atomic E-state index is 11.9. The number of hydrogen-bond donors (Lipinski definition) is 1. The molecule has 4 nitrogen and oxygen atoms in total. The Bertz CT molecular complexity index is 451. The van der Waals surface area contributed by atoms with Crippen LogP contribution in [0, 0.1) is 5.92 Å². The quantitative estimate of drug-likeness (QED) is 0.898. The van der Waals surface area contributed by atoms with Crippen LogP contribution in [0.2, 0.25) is 0 Å². The molecule has 1 aromatic rings. The zero-order valence-corrected chi connectivity index (χ0v) is 12.5. The Morgan fingerprint density at radius 1 is 1.19 bits per heavy atom. The molecule has 0 spiro atoms. The number of likely N-dealkylation sites (tertiary alicyclic amines) is 1. The van der Waals surface area contributed by atoms with Crippen molar-refractivity contribution in [2.24, 2.45) is 5.92 Å². The molecule has 2 saturated heterocycles. The zero-order chi connectivity index (χ0) is 14.5. The van der Waals surface area contributed by atoms with Gasteiger partial charge in [-0.05, 0) is 18.4 Å². The molecule has 0 bridgehead atoms. The summed E-state index contributed by atoms with van der Waals surface area (Å²) in [5.41, 5.74) is 1.37. The highest BCUT2D eigenvalue weighted by Gasteiger charge is 2.24. The molecule has 0 unspecified atom stereocenters. The van der Waals surface area contributed by atoms with Crippen LogP contribution in [0.5, 0.6) is 0 Å². The number of nitrogens with zero attached hydrogens (tertiary/aromatic N) is 1. The van der Waals surface area contributed by atoms with Crippen LogP contribution in [0.25, 0.3) is 0 Å². The van der Waals surface area contributed by atoms with Gasteiger partial charge in [-0.2, -0.15) is 0 Å². The fraction of sp³-hybridized carbons (Fsp3) is 0.588. The number of ether oxygens (including phenoxy) is 1. The molecule has 114 valence electrons. The molecule has 2 fully saturated rings. The summed E-state index contributed by atoms with van der Waals surface area (Å²) < 4.78 is 5.11. The second-order valence-electron chi connectivity index (χ2n) is 6.21. The fourth-order valence-corrected chi connectivity index (χ4v) is 3.03. The van der Waals surface area contributed by atoms with Crippen molar-refractivity contribution in [3.8, 4) is 0 Å². The van der Waals surface area contributed by atoms with Crippen LogP contribution >= 0.6 is 0 Å². The van der Waals surface area contributed by atoms with E-state index in [4.69, 9.17) is 4.74 Å². The number of carbonyl (C=O) groups excluding carboxylic acids is 1. The summed E-state index contributed by atoms with van der Waals surface area (Å²) in [6, 6.07) is 10.9. The fourth-order valence-electron chi connectivity index (χ4n) is 3.03. The third-order valence-electron chi connectivity index (χ3n) is 4.38. The van der Waals surface area contributed by atoms with Gasteiger partial charge in [0.2, 0.25) is 5.91 Å². The molecule has 0 aliphatic carbocycles. The average Bonchev–Trinajstić information content (AvgIpc) is 2.46. The summed E-state index contributed by atoms with van der Waals surface area (Å²) in [4.78, 5) is 14.4. The van der Waals surface area contributed by atoms with Gasteiger partial charge in [-0.1, -0.05) is 30.3 Å². The first kappa shape index (κ1) is 14.5. The van der Waals surface area contributed by atoms with Gasteiger partial charge in [0.25, 0.3) is 0 Å². The number of piperidine rings is 1. The topological polar surface area (TPSA) is 41.6 Å². The Hall–Kier alpha value is -1.39. The van der Waals surface area contributed by atoms with Crippen LogP contribution in [0.15, 0.2) is 30.3 Å². The first-order valence-electron chi connectivity index (χ1n) is 7.93. The number of carbonyl (C=O) groups is 1. The van der Waals surface area contributed by atoms with Gasteiger partial charge in [0.05, 0.1) is 13.2 Å². The highest BCUT2D eigenvalue weighted by atomic mass is 16.5. The summed E-state index contributed by atoms with van der Waals surface area (Å²) in [5.74, 6) is 0.646. The predicted octanol–water partition coefficient (Wildman–Crippen LogP) is 1.80. The minimum atomic E-state index is 0.199. The van der Waals surface area contributed by atoms with Gasteiger partial charge in [-0.25, -0.2) is 0 Å². The molecule has 21 heavy (non-hydrogen) atoms. The van der Waals surface area contributed by atoms with Crippen molar-refractivity contribution in [2.75, 3.05) is 26.3 Å². The number of amides is 1. The Morgan fingerprint density at radius 2 is 1.90 bits per heavy atom. The van der Waals surface area contributed by atoms with Gasteiger partial charge in [0.15, 0.2) is 0 Å². The largest absolute Gasteiger partial charge is 0.381 e. The second kappa shape index (κ2) is 7.05. The molecular weight excluding hydrogens is 264 g/mol. The molecule has 2 heterocycles. The molecule has 1 amide bonds. The Kier molecular flexibility index (Phi) is 4.88. The predicted molar refractivity (Wildman–Crippen MR) is 81.8 cm³/mol. The SMILES string of the molecule is O=C(CC1COC1)NC1CCN(Cc2ccccc2)CC1. The van der Waals surface area contributed by atoms with E-state index >= 15 is 0 Å². The van der Waals surface area contributed by atoms with Gasteiger partial charge in [-0.15, -0.1) is 0 Å². The third-order valence-corrected chi connectivity index (χ3v) is 4.38. The monoisotopic (exact) mass is 288 g/mol. The third kappa shape index (κ3) is 4.29. The normalized spacial score (nSPS) is 21.0. The molecular formula is C17H24N2O2. The van der Waals surface area contributed by atoms with Crippen LogP contribution in [-0.2, 0) is 16.1 Å². The first-order valence-corrected chi connectivity index (χ1v) is 7.93. The van der Waals surface area contributed by atoms with Crippen molar-refractivity contribution in [2.45, 2.75) is 31.8 Å². The van der Waals surface area contributed by atoms with Crippen LogP contribution in [0.3, 0.4) is 0 Å². The van der Waals surface area contributed by atoms with E-state index in [-0.39, 0.29) is 5.91 Å². The van der Waals surface area contributed by atoms with Gasteiger partial charge in [0.1, 0.15) is 0 Å². The Labute approximate surface area is 126 Å². The van der Waals surface area contributed by atoms with Crippen molar-refractivity contribution < 1.29 is 9.53 Å². The van der Waals surface area contributed by atoms with E-state index in [0.29, 0.717) is 18.4 Å². The molecule has 2 aliphatic rings. The van der Waals surface area contributed by atoms with E-state index in [9.17, 15) is 4.79 Å². The van der Waals surface area contributed by atoms with E-state index in [2.05, 4.69) is 40.5 Å². The second-order valence-corrected chi connectivity index (χ2v) is 6.21. The highest BCUT2D eigenvalue weighted by molar-refractivity contribution is 5.76. The van der Waals surface area contributed by atoms with E-state index in [1.807, 2.05) is 0 Å². The summed E-state index contributed by atoms with van der Waals surface area (Å²) >= 11 is 0. The van der Waals surface area contributed by atoms with Gasteiger partial charge in [0, 0.05) is 38.0 Å². The van der Waals surface area contributed by atoms with E-state index in [1.54, 1.807) is 0 Å². The van der Waals surface area contributed by atoms with Gasteiger partial charge in [-0.3, -0.25) is 9.69 Å². The minimum Gasteiger partial charge on any atom is -0.381 e. The van der Waals surface area contributed by atoms with E-state index < -0.39 is 0 Å². The summed E-state index contributed by atoms with van der Waals surface area (Å²) in [7, 11) is 0. The lowest BCUT2D eigenvalue weighted by molar-refractivity contribution is -0.127. The van der Waals surface area contributed by atoms with Crippen LogP contribution in [0.4, 0.5) is 0 Å². The Morgan fingerprint density at radius 3 is 2.52 bits per heavy atom. The lowest BCUT2D eigenvalue weighted by atomic mass is 10.0. The summed E-state index contributed by atoms with van der Waals surface area (Å²) in [6.07, 6.45) is 2.74. The lowest BCUT2D eigenvalue weighted by Crippen LogP contribution is -2.45. The van der Waals surface area contributed by atoms with E-state index in [0.717, 1.165) is 45.7 Å². The van der Waals surface area contributed by atoms with Crippen molar-refractivity contribution in [3.63, 3.8) is 0 Å². The maximum Gasteiger partial charge on any atom is 0.220 e. The Balaban J connectivity index is 1.37. The molecule has 3 rings (SSSR count). The lowest BCUT2D eigenvalue weighted by Gasteiger charge is -2.33. The number of hydrogen-bond acceptors (Lipinski definition) is 3. The number of benzene rings is 1. The van der Waals surface area contributed by atoms with Crippen LogP contribution < -0.4 is 5.32 Å². The van der Waals surface area contributed by atoms with Gasteiger partial charge >= 0.3 is 0 Å². The molecule has 0 radical (unpaired) electrons. The number of rotatable bonds is 5. The van der Waals surface area contributed by atoms with E-state index in [1.165, 1.54) is 5.56 Å². The highest BCUT2D eigenvalue weighted by Crippen LogP contribution is 2.16. The first-order chi connectivity index (χ1) is 10.3. The molecule has 0 aromatic heterocycles. The maximum atomic E-state index is 11.9.